The van der Waals surface area contributed by atoms with E-state index in [1.165, 1.54) is 22.9 Å². The van der Waals surface area contributed by atoms with Crippen LogP contribution in [-0.2, 0) is 7.05 Å². The predicted molar refractivity (Wildman–Crippen MR) is 58.0 cm³/mol. The Bertz CT molecular complexity index is 529. The third kappa shape index (κ3) is 1.98. The molecule has 3 nitrogen and oxygen atoms in total. The van der Waals surface area contributed by atoms with E-state index in [0.717, 1.165) is 6.07 Å². The first-order valence-corrected chi connectivity index (χ1v) is 4.87. The van der Waals surface area contributed by atoms with Crippen molar-refractivity contribution in [2.45, 2.75) is 6.43 Å². The zero-order valence-electron chi connectivity index (χ0n) is 8.99. The van der Waals surface area contributed by atoms with Gasteiger partial charge >= 0.3 is 0 Å². The van der Waals surface area contributed by atoms with E-state index in [1.54, 1.807) is 7.05 Å². The number of aryl methyl sites for hydroxylation is 1. The summed E-state index contributed by atoms with van der Waals surface area (Å²) in [6.45, 7) is 0. The fourth-order valence-corrected chi connectivity index (χ4v) is 1.60. The molecule has 0 bridgehead atoms. The van der Waals surface area contributed by atoms with Gasteiger partial charge in [0.15, 0.2) is 0 Å². The van der Waals surface area contributed by atoms with Crippen molar-refractivity contribution in [1.29, 1.82) is 0 Å². The van der Waals surface area contributed by atoms with Gasteiger partial charge in [0.05, 0.1) is 11.3 Å². The average molecular weight is 241 g/mol. The molecule has 0 spiro atoms. The fourth-order valence-electron chi connectivity index (χ4n) is 1.60. The molecule has 1 heterocycles. The molecule has 0 aliphatic carbocycles. The largest absolute Gasteiger partial charge is 0.384 e. The number of anilines is 1. The van der Waals surface area contributed by atoms with Crippen LogP contribution in [0.15, 0.2) is 24.3 Å². The zero-order chi connectivity index (χ0) is 12.6. The van der Waals surface area contributed by atoms with Crippen LogP contribution in [0.25, 0.3) is 11.3 Å². The monoisotopic (exact) mass is 241 g/mol. The van der Waals surface area contributed by atoms with Crippen LogP contribution in [0.1, 0.15) is 12.0 Å². The molecule has 0 radical (unpaired) electrons. The molecule has 0 fully saturated rings. The summed E-state index contributed by atoms with van der Waals surface area (Å²) in [4.78, 5) is 0. The molecule has 2 N–H and O–H groups in total. The SMILES string of the molecule is Cn1nc(-c2cccc(F)c2C(F)F)cc1N. The van der Waals surface area contributed by atoms with E-state index < -0.39 is 17.8 Å². The minimum Gasteiger partial charge on any atom is -0.384 e. The number of nitrogens with zero attached hydrogens (tertiary/aromatic N) is 2. The normalized spacial score (nSPS) is 11.1. The maximum Gasteiger partial charge on any atom is 0.267 e. The Balaban J connectivity index is 2.63. The van der Waals surface area contributed by atoms with Crippen LogP contribution in [0.5, 0.6) is 0 Å². The number of hydrogen-bond acceptors (Lipinski definition) is 2. The highest BCUT2D eigenvalue weighted by atomic mass is 19.3. The van der Waals surface area contributed by atoms with Gasteiger partial charge in [-0.3, -0.25) is 4.68 Å². The molecular weight excluding hydrogens is 231 g/mol. The Morgan fingerprint density at radius 1 is 1.35 bits per heavy atom. The van der Waals surface area contributed by atoms with Crippen molar-refractivity contribution in [3.63, 3.8) is 0 Å². The van der Waals surface area contributed by atoms with E-state index in [-0.39, 0.29) is 11.3 Å². The van der Waals surface area contributed by atoms with Gasteiger partial charge in [0.2, 0.25) is 0 Å². The first-order chi connectivity index (χ1) is 8.00. The number of nitrogen functional groups attached to an aromatic ring is 1. The van der Waals surface area contributed by atoms with E-state index in [4.69, 9.17) is 5.73 Å². The number of benzene rings is 1. The molecule has 17 heavy (non-hydrogen) atoms. The molecule has 2 aromatic rings. The van der Waals surface area contributed by atoms with Crippen molar-refractivity contribution in [3.05, 3.63) is 35.6 Å². The smallest absolute Gasteiger partial charge is 0.267 e. The van der Waals surface area contributed by atoms with Crippen molar-refractivity contribution in [3.8, 4) is 11.3 Å². The third-order valence-corrected chi connectivity index (χ3v) is 2.46. The van der Waals surface area contributed by atoms with Gasteiger partial charge in [-0.2, -0.15) is 5.10 Å². The minimum absolute atomic E-state index is 0.0623. The lowest BCUT2D eigenvalue weighted by atomic mass is 10.0. The van der Waals surface area contributed by atoms with E-state index in [2.05, 4.69) is 5.10 Å². The van der Waals surface area contributed by atoms with Crippen LogP contribution in [0.2, 0.25) is 0 Å². The van der Waals surface area contributed by atoms with E-state index >= 15 is 0 Å². The zero-order valence-corrected chi connectivity index (χ0v) is 8.99. The maximum atomic E-state index is 13.3. The molecule has 0 unspecified atom stereocenters. The van der Waals surface area contributed by atoms with Crippen LogP contribution < -0.4 is 5.73 Å². The van der Waals surface area contributed by atoms with E-state index in [9.17, 15) is 13.2 Å². The highest BCUT2D eigenvalue weighted by molar-refractivity contribution is 5.66. The van der Waals surface area contributed by atoms with Crippen molar-refractivity contribution in [2.75, 3.05) is 5.73 Å². The van der Waals surface area contributed by atoms with Gasteiger partial charge in [-0.15, -0.1) is 0 Å². The van der Waals surface area contributed by atoms with Crippen LogP contribution >= 0.6 is 0 Å². The highest BCUT2D eigenvalue weighted by Gasteiger charge is 2.20. The lowest BCUT2D eigenvalue weighted by Crippen LogP contribution is -1.98. The number of halogens is 3. The number of nitrogens with two attached hydrogens (primary N) is 1. The van der Waals surface area contributed by atoms with Gasteiger partial charge in [-0.25, -0.2) is 13.2 Å². The minimum atomic E-state index is -2.89. The van der Waals surface area contributed by atoms with Gasteiger partial charge in [-0.1, -0.05) is 12.1 Å². The highest BCUT2D eigenvalue weighted by Crippen LogP contribution is 2.32. The van der Waals surface area contributed by atoms with Crippen molar-refractivity contribution in [1.82, 2.24) is 9.78 Å². The van der Waals surface area contributed by atoms with E-state index in [1.807, 2.05) is 0 Å². The summed E-state index contributed by atoms with van der Waals surface area (Å²) < 4.78 is 40.2. The Hall–Kier alpha value is -1.98. The second-order valence-corrected chi connectivity index (χ2v) is 3.58. The Morgan fingerprint density at radius 3 is 2.59 bits per heavy atom. The molecule has 2 rings (SSSR count). The van der Waals surface area contributed by atoms with Crippen molar-refractivity contribution in [2.24, 2.45) is 7.05 Å². The molecule has 90 valence electrons. The van der Waals surface area contributed by atoms with Gasteiger partial charge in [0.1, 0.15) is 11.6 Å². The van der Waals surface area contributed by atoms with Crippen molar-refractivity contribution >= 4 is 5.82 Å². The maximum absolute atomic E-state index is 13.3. The van der Waals surface area contributed by atoms with Crippen LogP contribution in [0, 0.1) is 5.82 Å². The van der Waals surface area contributed by atoms with Gasteiger partial charge in [0.25, 0.3) is 6.43 Å². The molecule has 1 aromatic heterocycles. The molecular formula is C11H10F3N3. The average Bonchev–Trinajstić information content (AvgIpc) is 2.58. The number of alkyl halides is 2. The summed E-state index contributed by atoms with van der Waals surface area (Å²) in [5, 5.41) is 3.96. The number of rotatable bonds is 2. The topological polar surface area (TPSA) is 43.8 Å². The summed E-state index contributed by atoms with van der Waals surface area (Å²) >= 11 is 0. The quantitative estimate of drug-likeness (QED) is 0.878. The summed E-state index contributed by atoms with van der Waals surface area (Å²) in [5.41, 5.74) is 5.21. The first kappa shape index (κ1) is 11.5. The molecule has 0 amide bonds. The summed E-state index contributed by atoms with van der Waals surface area (Å²) in [7, 11) is 1.58. The van der Waals surface area contributed by atoms with Crippen molar-refractivity contribution < 1.29 is 13.2 Å². The molecule has 0 saturated carbocycles. The third-order valence-electron chi connectivity index (χ3n) is 2.46. The Kier molecular flexibility index (Phi) is 2.79. The summed E-state index contributed by atoms with van der Waals surface area (Å²) in [6.07, 6.45) is -2.89. The summed E-state index contributed by atoms with van der Waals surface area (Å²) in [6, 6.07) is 5.19. The van der Waals surface area contributed by atoms with Gasteiger partial charge in [0, 0.05) is 18.7 Å². The lowest BCUT2D eigenvalue weighted by Gasteiger charge is -2.07. The molecule has 0 aliphatic heterocycles. The molecule has 0 aliphatic rings. The Labute approximate surface area is 95.7 Å². The second kappa shape index (κ2) is 4.12. The summed E-state index contributed by atoms with van der Waals surface area (Å²) in [5.74, 6) is -0.619. The molecule has 0 atom stereocenters. The van der Waals surface area contributed by atoms with E-state index in [0.29, 0.717) is 5.82 Å². The molecule has 1 aromatic carbocycles. The standard InChI is InChI=1S/C11H10F3N3/c1-17-9(15)5-8(16-17)6-3-2-4-7(12)10(6)11(13)14/h2-5,11H,15H2,1H3. The van der Waals surface area contributed by atoms with Gasteiger partial charge in [-0.05, 0) is 6.07 Å². The lowest BCUT2D eigenvalue weighted by molar-refractivity contribution is 0.147. The first-order valence-electron chi connectivity index (χ1n) is 4.87. The molecule has 0 saturated heterocycles. The van der Waals surface area contributed by atoms with Crippen LogP contribution in [-0.4, -0.2) is 9.78 Å². The van der Waals surface area contributed by atoms with Crippen LogP contribution in [0.3, 0.4) is 0 Å². The Morgan fingerprint density at radius 2 is 2.06 bits per heavy atom. The molecule has 6 heteroatoms. The van der Waals surface area contributed by atoms with Gasteiger partial charge < -0.3 is 5.73 Å². The second-order valence-electron chi connectivity index (χ2n) is 3.58. The predicted octanol–water partition coefficient (Wildman–Crippen LogP) is 2.75. The van der Waals surface area contributed by atoms with Crippen LogP contribution in [0.4, 0.5) is 19.0 Å². The number of hydrogen-bond donors (Lipinski definition) is 1. The number of aromatic nitrogens is 2. The fraction of sp³-hybridized carbons (Fsp3) is 0.182.